The highest BCUT2D eigenvalue weighted by molar-refractivity contribution is 5.76. The Morgan fingerprint density at radius 2 is 1.84 bits per heavy atom. The van der Waals surface area contributed by atoms with Crippen LogP contribution in [0.1, 0.15) is 46.1 Å². The van der Waals surface area contributed by atoms with Crippen LogP contribution in [0.5, 0.6) is 5.75 Å². The van der Waals surface area contributed by atoms with Gasteiger partial charge in [0.2, 0.25) is 5.91 Å². The molecule has 0 radical (unpaired) electrons. The number of carbonyl (C=O) groups excluding carboxylic acids is 1. The summed E-state index contributed by atoms with van der Waals surface area (Å²) in [5, 5.41) is 12.1. The van der Waals surface area contributed by atoms with E-state index in [1.54, 1.807) is 12.1 Å². The minimum atomic E-state index is 0.0878. The van der Waals surface area contributed by atoms with Crippen LogP contribution in [-0.2, 0) is 11.3 Å². The molecule has 1 rings (SSSR count). The van der Waals surface area contributed by atoms with Gasteiger partial charge >= 0.3 is 0 Å². The van der Waals surface area contributed by atoms with Crippen molar-refractivity contribution in [3.63, 3.8) is 0 Å². The lowest BCUT2D eigenvalue weighted by Crippen LogP contribution is -2.25. The van der Waals surface area contributed by atoms with Crippen LogP contribution < -0.4 is 5.32 Å². The molecule has 0 saturated heterocycles. The quantitative estimate of drug-likeness (QED) is 0.854. The van der Waals surface area contributed by atoms with Gasteiger partial charge in [-0.2, -0.15) is 0 Å². The van der Waals surface area contributed by atoms with Gasteiger partial charge in [0.25, 0.3) is 0 Å². The van der Waals surface area contributed by atoms with Gasteiger partial charge in [-0.3, -0.25) is 4.79 Å². The molecule has 0 bridgehead atoms. The third-order valence-electron chi connectivity index (χ3n) is 2.92. The van der Waals surface area contributed by atoms with Crippen molar-refractivity contribution in [3.8, 4) is 5.75 Å². The minimum Gasteiger partial charge on any atom is -0.508 e. The van der Waals surface area contributed by atoms with E-state index in [1.807, 2.05) is 12.1 Å². The summed E-state index contributed by atoms with van der Waals surface area (Å²) in [6.07, 6.45) is 1.61. The van der Waals surface area contributed by atoms with E-state index in [4.69, 9.17) is 0 Å². The zero-order valence-electron chi connectivity index (χ0n) is 12.4. The Kier molecular flexibility index (Phi) is 5.40. The summed E-state index contributed by atoms with van der Waals surface area (Å²) in [5.74, 6) is 0.721. The standard InChI is InChI=1S/C16H25NO2/c1-12(10-16(2,3)4)9-15(19)17-11-13-5-7-14(18)8-6-13/h5-8,12,18H,9-11H2,1-4H3,(H,17,19). The van der Waals surface area contributed by atoms with Crippen molar-refractivity contribution in [2.24, 2.45) is 11.3 Å². The maximum atomic E-state index is 11.8. The molecule has 0 spiro atoms. The van der Waals surface area contributed by atoms with Crippen LogP contribution in [0.2, 0.25) is 0 Å². The first-order chi connectivity index (χ1) is 8.76. The molecule has 0 heterocycles. The Bertz CT molecular complexity index is 404. The van der Waals surface area contributed by atoms with Gasteiger partial charge < -0.3 is 10.4 Å². The van der Waals surface area contributed by atoms with E-state index in [0.29, 0.717) is 18.9 Å². The highest BCUT2D eigenvalue weighted by Crippen LogP contribution is 2.25. The SMILES string of the molecule is CC(CC(=O)NCc1ccc(O)cc1)CC(C)(C)C. The molecule has 0 fully saturated rings. The van der Waals surface area contributed by atoms with E-state index >= 15 is 0 Å². The summed E-state index contributed by atoms with van der Waals surface area (Å²) in [6, 6.07) is 6.88. The van der Waals surface area contributed by atoms with Crippen LogP contribution in [0.4, 0.5) is 0 Å². The predicted octanol–water partition coefficient (Wildman–Crippen LogP) is 3.47. The number of hydrogen-bond donors (Lipinski definition) is 2. The molecular weight excluding hydrogens is 238 g/mol. The van der Waals surface area contributed by atoms with Crippen molar-refractivity contribution in [3.05, 3.63) is 29.8 Å². The van der Waals surface area contributed by atoms with E-state index in [9.17, 15) is 9.90 Å². The molecule has 1 unspecified atom stereocenters. The molecule has 1 amide bonds. The number of carbonyl (C=O) groups is 1. The Morgan fingerprint density at radius 1 is 1.26 bits per heavy atom. The molecule has 1 aromatic carbocycles. The number of aromatic hydroxyl groups is 1. The zero-order valence-corrected chi connectivity index (χ0v) is 12.4. The summed E-state index contributed by atoms with van der Waals surface area (Å²) in [5.41, 5.74) is 1.26. The van der Waals surface area contributed by atoms with Gasteiger partial charge in [-0.05, 0) is 35.4 Å². The maximum Gasteiger partial charge on any atom is 0.220 e. The van der Waals surface area contributed by atoms with Crippen LogP contribution in [0, 0.1) is 11.3 Å². The average Bonchev–Trinajstić information content (AvgIpc) is 2.25. The Morgan fingerprint density at radius 3 is 2.37 bits per heavy atom. The average molecular weight is 263 g/mol. The van der Waals surface area contributed by atoms with Crippen LogP contribution in [-0.4, -0.2) is 11.0 Å². The summed E-state index contributed by atoms with van der Waals surface area (Å²) < 4.78 is 0. The molecule has 0 aliphatic rings. The largest absolute Gasteiger partial charge is 0.508 e. The molecule has 2 N–H and O–H groups in total. The van der Waals surface area contributed by atoms with Crippen molar-refractivity contribution in [2.45, 2.75) is 47.1 Å². The number of hydrogen-bond acceptors (Lipinski definition) is 2. The zero-order chi connectivity index (χ0) is 14.5. The molecule has 19 heavy (non-hydrogen) atoms. The van der Waals surface area contributed by atoms with Crippen molar-refractivity contribution >= 4 is 5.91 Å². The predicted molar refractivity (Wildman–Crippen MR) is 77.8 cm³/mol. The first-order valence-corrected chi connectivity index (χ1v) is 6.81. The van der Waals surface area contributed by atoms with Gasteiger partial charge in [-0.1, -0.05) is 39.8 Å². The van der Waals surface area contributed by atoms with E-state index < -0.39 is 0 Å². The highest BCUT2D eigenvalue weighted by atomic mass is 16.3. The number of benzene rings is 1. The third kappa shape index (κ3) is 6.85. The molecule has 3 nitrogen and oxygen atoms in total. The van der Waals surface area contributed by atoms with Crippen molar-refractivity contribution in [2.75, 3.05) is 0 Å². The van der Waals surface area contributed by atoms with Crippen LogP contribution >= 0.6 is 0 Å². The second-order valence-corrected chi connectivity index (χ2v) is 6.52. The Labute approximate surface area is 116 Å². The van der Waals surface area contributed by atoms with Crippen LogP contribution in [0.25, 0.3) is 0 Å². The minimum absolute atomic E-state index is 0.0878. The van der Waals surface area contributed by atoms with Crippen molar-refractivity contribution < 1.29 is 9.90 Å². The topological polar surface area (TPSA) is 49.3 Å². The van der Waals surface area contributed by atoms with E-state index in [-0.39, 0.29) is 17.1 Å². The fourth-order valence-electron chi connectivity index (χ4n) is 2.32. The summed E-state index contributed by atoms with van der Waals surface area (Å²) in [7, 11) is 0. The Hall–Kier alpha value is -1.51. The lowest BCUT2D eigenvalue weighted by molar-refractivity contribution is -0.122. The molecule has 106 valence electrons. The first kappa shape index (κ1) is 15.5. The van der Waals surface area contributed by atoms with Gasteiger partial charge in [0, 0.05) is 13.0 Å². The molecule has 1 atom stereocenters. The lowest BCUT2D eigenvalue weighted by atomic mass is 9.84. The molecule has 0 saturated carbocycles. The Balaban J connectivity index is 2.33. The number of phenols is 1. The van der Waals surface area contributed by atoms with Gasteiger partial charge in [-0.15, -0.1) is 0 Å². The molecule has 1 aromatic rings. The second kappa shape index (κ2) is 6.60. The van der Waals surface area contributed by atoms with E-state index in [1.165, 1.54) is 0 Å². The third-order valence-corrected chi connectivity index (χ3v) is 2.92. The highest BCUT2D eigenvalue weighted by Gasteiger charge is 2.17. The normalized spacial score (nSPS) is 13.1. The van der Waals surface area contributed by atoms with Crippen molar-refractivity contribution in [1.82, 2.24) is 5.32 Å². The number of nitrogens with one attached hydrogen (secondary N) is 1. The summed E-state index contributed by atoms with van der Waals surface area (Å²) >= 11 is 0. The van der Waals surface area contributed by atoms with Crippen LogP contribution in [0.15, 0.2) is 24.3 Å². The molecule has 0 aromatic heterocycles. The molecule has 0 aliphatic heterocycles. The fraction of sp³-hybridized carbons (Fsp3) is 0.562. The number of amides is 1. The maximum absolute atomic E-state index is 11.8. The van der Waals surface area contributed by atoms with Crippen LogP contribution in [0.3, 0.4) is 0 Å². The lowest BCUT2D eigenvalue weighted by Gasteiger charge is -2.22. The summed E-state index contributed by atoms with van der Waals surface area (Å²) in [6.45, 7) is 9.21. The van der Waals surface area contributed by atoms with Gasteiger partial charge in [-0.25, -0.2) is 0 Å². The smallest absolute Gasteiger partial charge is 0.220 e. The van der Waals surface area contributed by atoms with Gasteiger partial charge in [0.1, 0.15) is 5.75 Å². The fourth-order valence-corrected chi connectivity index (χ4v) is 2.32. The van der Waals surface area contributed by atoms with E-state index in [0.717, 1.165) is 12.0 Å². The van der Waals surface area contributed by atoms with Gasteiger partial charge in [0.05, 0.1) is 0 Å². The number of rotatable bonds is 5. The molecule has 3 heteroatoms. The van der Waals surface area contributed by atoms with Gasteiger partial charge in [0.15, 0.2) is 0 Å². The van der Waals surface area contributed by atoms with E-state index in [2.05, 4.69) is 33.0 Å². The second-order valence-electron chi connectivity index (χ2n) is 6.52. The molecule has 0 aliphatic carbocycles. The number of phenolic OH excluding ortho intramolecular Hbond substituents is 1. The van der Waals surface area contributed by atoms with Crippen molar-refractivity contribution in [1.29, 1.82) is 0 Å². The summed E-state index contributed by atoms with van der Waals surface area (Å²) in [4.78, 5) is 11.8. The first-order valence-electron chi connectivity index (χ1n) is 6.81. The molecular formula is C16H25NO2. The monoisotopic (exact) mass is 263 g/mol.